The van der Waals surface area contributed by atoms with Gasteiger partial charge in [0.05, 0.1) is 25.7 Å². The van der Waals surface area contributed by atoms with Gasteiger partial charge in [-0.3, -0.25) is 4.79 Å². The lowest BCUT2D eigenvalue weighted by Crippen LogP contribution is -2.48. The van der Waals surface area contributed by atoms with Gasteiger partial charge in [0, 0.05) is 7.05 Å². The summed E-state index contributed by atoms with van der Waals surface area (Å²) in [6.07, 6.45) is 0.302. The summed E-state index contributed by atoms with van der Waals surface area (Å²) in [5.41, 5.74) is 1.40. The summed E-state index contributed by atoms with van der Waals surface area (Å²) in [5, 5.41) is 9.28. The quantitative estimate of drug-likeness (QED) is 0.883. The van der Waals surface area contributed by atoms with Crippen molar-refractivity contribution in [2.75, 3.05) is 20.8 Å². The largest absolute Gasteiger partial charge is 0.496 e. The lowest BCUT2D eigenvalue weighted by molar-refractivity contribution is -0.135. The van der Waals surface area contributed by atoms with E-state index in [0.29, 0.717) is 6.42 Å². The summed E-state index contributed by atoms with van der Waals surface area (Å²) in [6, 6.07) is 5.75. The molecule has 0 unspecified atom stereocenters. The highest BCUT2D eigenvalue weighted by molar-refractivity contribution is 5.79. The predicted molar refractivity (Wildman–Crippen MR) is 75.4 cm³/mol. The number of benzene rings is 1. The third kappa shape index (κ3) is 3.70. The smallest absolute Gasteiger partial charge is 0.227 e. The van der Waals surface area contributed by atoms with Crippen LogP contribution in [-0.4, -0.2) is 42.2 Å². The molecule has 0 radical (unpaired) electrons. The molecule has 4 heteroatoms. The van der Waals surface area contributed by atoms with E-state index in [4.69, 9.17) is 4.74 Å². The van der Waals surface area contributed by atoms with Crippen molar-refractivity contribution in [3.05, 3.63) is 29.3 Å². The summed E-state index contributed by atoms with van der Waals surface area (Å²) in [7, 11) is 3.33. The van der Waals surface area contributed by atoms with Crippen LogP contribution in [0.25, 0.3) is 0 Å². The second-order valence-corrected chi connectivity index (χ2v) is 5.40. The number of methoxy groups -OCH3 is 1. The summed E-state index contributed by atoms with van der Waals surface area (Å²) in [5.74, 6) is 0.763. The predicted octanol–water partition coefficient (Wildman–Crippen LogP) is 1.78. The Morgan fingerprint density at radius 1 is 1.42 bits per heavy atom. The van der Waals surface area contributed by atoms with Crippen LogP contribution in [0.4, 0.5) is 0 Å². The van der Waals surface area contributed by atoms with Crippen LogP contribution in [0.15, 0.2) is 18.2 Å². The monoisotopic (exact) mass is 265 g/mol. The first-order valence-corrected chi connectivity index (χ1v) is 6.33. The Labute approximate surface area is 115 Å². The van der Waals surface area contributed by atoms with Crippen molar-refractivity contribution in [1.29, 1.82) is 0 Å². The first-order valence-electron chi connectivity index (χ1n) is 6.33. The van der Waals surface area contributed by atoms with Crippen LogP contribution in [0.5, 0.6) is 5.75 Å². The van der Waals surface area contributed by atoms with Gasteiger partial charge >= 0.3 is 0 Å². The highest BCUT2D eigenvalue weighted by atomic mass is 16.5. The Bertz CT molecular complexity index is 455. The van der Waals surface area contributed by atoms with Crippen molar-refractivity contribution in [1.82, 2.24) is 4.90 Å². The van der Waals surface area contributed by atoms with E-state index in [1.54, 1.807) is 19.1 Å². The maximum absolute atomic E-state index is 12.2. The molecule has 0 heterocycles. The molecule has 0 aliphatic heterocycles. The topological polar surface area (TPSA) is 49.8 Å². The normalized spacial score (nSPS) is 11.3. The van der Waals surface area contributed by atoms with Crippen molar-refractivity contribution >= 4 is 5.91 Å². The van der Waals surface area contributed by atoms with E-state index in [1.165, 1.54) is 0 Å². The van der Waals surface area contributed by atoms with Gasteiger partial charge in [0.1, 0.15) is 5.75 Å². The van der Waals surface area contributed by atoms with E-state index in [1.807, 2.05) is 39.0 Å². The minimum Gasteiger partial charge on any atom is -0.496 e. The molecule has 1 aromatic rings. The number of hydrogen-bond acceptors (Lipinski definition) is 3. The van der Waals surface area contributed by atoms with Gasteiger partial charge < -0.3 is 14.7 Å². The SMILES string of the molecule is COc1cc(CC(=O)N(C)C(C)(C)CO)ccc1C. The molecule has 0 aliphatic rings. The lowest BCUT2D eigenvalue weighted by atomic mass is 10.0. The van der Waals surface area contributed by atoms with E-state index in [0.717, 1.165) is 16.9 Å². The fourth-order valence-corrected chi connectivity index (χ4v) is 1.71. The standard InChI is InChI=1S/C15H23NO3/c1-11-6-7-12(8-13(11)19-5)9-14(18)16(4)15(2,3)10-17/h6-8,17H,9-10H2,1-5H3. The first-order chi connectivity index (χ1) is 8.81. The van der Waals surface area contributed by atoms with Crippen LogP contribution in [-0.2, 0) is 11.2 Å². The molecule has 0 bridgehead atoms. The summed E-state index contributed by atoms with van der Waals surface area (Å²) < 4.78 is 5.25. The second kappa shape index (κ2) is 6.06. The molecule has 4 nitrogen and oxygen atoms in total. The molecule has 0 saturated heterocycles. The Morgan fingerprint density at radius 2 is 2.05 bits per heavy atom. The van der Waals surface area contributed by atoms with Gasteiger partial charge in [0.25, 0.3) is 0 Å². The number of carbonyl (C=O) groups excluding carboxylic acids is 1. The van der Waals surface area contributed by atoms with Crippen molar-refractivity contribution < 1.29 is 14.6 Å². The number of hydrogen-bond donors (Lipinski definition) is 1. The zero-order valence-corrected chi connectivity index (χ0v) is 12.4. The highest BCUT2D eigenvalue weighted by Gasteiger charge is 2.26. The summed E-state index contributed by atoms with van der Waals surface area (Å²) >= 11 is 0. The maximum atomic E-state index is 12.2. The molecule has 0 atom stereocenters. The van der Waals surface area contributed by atoms with Gasteiger partial charge in [-0.2, -0.15) is 0 Å². The molecule has 0 spiro atoms. The van der Waals surface area contributed by atoms with Crippen LogP contribution in [0, 0.1) is 6.92 Å². The van der Waals surface area contributed by atoms with E-state index in [-0.39, 0.29) is 12.5 Å². The lowest BCUT2D eigenvalue weighted by Gasteiger charge is -2.34. The molecule has 1 rings (SSSR count). The number of rotatable bonds is 5. The zero-order valence-electron chi connectivity index (χ0n) is 12.4. The molecule has 0 aromatic heterocycles. The van der Waals surface area contributed by atoms with Gasteiger partial charge in [-0.25, -0.2) is 0 Å². The molecule has 1 N–H and O–H groups in total. The molecule has 1 amide bonds. The number of aliphatic hydroxyl groups is 1. The van der Waals surface area contributed by atoms with Crippen molar-refractivity contribution in [2.24, 2.45) is 0 Å². The number of likely N-dealkylation sites (N-methyl/N-ethyl adjacent to an activating group) is 1. The fraction of sp³-hybridized carbons (Fsp3) is 0.533. The maximum Gasteiger partial charge on any atom is 0.227 e. The number of nitrogens with zero attached hydrogens (tertiary/aromatic N) is 1. The number of carbonyl (C=O) groups is 1. The first kappa shape index (κ1) is 15.5. The summed E-state index contributed by atoms with van der Waals surface area (Å²) in [4.78, 5) is 13.8. The van der Waals surface area contributed by atoms with Gasteiger partial charge in [-0.1, -0.05) is 12.1 Å². The van der Waals surface area contributed by atoms with Crippen LogP contribution < -0.4 is 4.74 Å². The average Bonchev–Trinajstić information content (AvgIpc) is 2.39. The Hall–Kier alpha value is -1.55. The molecular weight excluding hydrogens is 242 g/mol. The molecule has 0 fully saturated rings. The van der Waals surface area contributed by atoms with Gasteiger partial charge in [-0.05, 0) is 38.0 Å². The minimum atomic E-state index is -0.550. The molecule has 0 aliphatic carbocycles. The van der Waals surface area contributed by atoms with Crippen LogP contribution in [0.1, 0.15) is 25.0 Å². The average molecular weight is 265 g/mol. The van der Waals surface area contributed by atoms with Gasteiger partial charge in [0.2, 0.25) is 5.91 Å². The van der Waals surface area contributed by atoms with Crippen LogP contribution in [0.2, 0.25) is 0 Å². The zero-order chi connectivity index (χ0) is 14.6. The van der Waals surface area contributed by atoms with E-state index >= 15 is 0 Å². The molecule has 1 aromatic carbocycles. The Morgan fingerprint density at radius 3 is 2.58 bits per heavy atom. The molecule has 19 heavy (non-hydrogen) atoms. The van der Waals surface area contributed by atoms with Gasteiger partial charge in [-0.15, -0.1) is 0 Å². The minimum absolute atomic E-state index is 0.0232. The number of ether oxygens (including phenoxy) is 1. The molecular formula is C15H23NO3. The number of amides is 1. The molecule has 0 saturated carbocycles. The van der Waals surface area contributed by atoms with E-state index < -0.39 is 5.54 Å². The Balaban J connectivity index is 2.83. The summed E-state index contributed by atoms with van der Waals surface area (Å²) in [6.45, 7) is 5.57. The molecule has 106 valence electrons. The Kier molecular flexibility index (Phi) is 4.95. The number of aryl methyl sites for hydroxylation is 1. The number of aliphatic hydroxyl groups excluding tert-OH is 1. The van der Waals surface area contributed by atoms with Crippen LogP contribution >= 0.6 is 0 Å². The second-order valence-electron chi connectivity index (χ2n) is 5.40. The van der Waals surface area contributed by atoms with Crippen LogP contribution in [0.3, 0.4) is 0 Å². The fourth-order valence-electron chi connectivity index (χ4n) is 1.71. The van der Waals surface area contributed by atoms with Crippen molar-refractivity contribution in [3.63, 3.8) is 0 Å². The van der Waals surface area contributed by atoms with Crippen molar-refractivity contribution in [3.8, 4) is 5.75 Å². The third-order valence-electron chi connectivity index (χ3n) is 3.50. The third-order valence-corrected chi connectivity index (χ3v) is 3.50. The van der Waals surface area contributed by atoms with Gasteiger partial charge in [0.15, 0.2) is 0 Å². The highest BCUT2D eigenvalue weighted by Crippen LogP contribution is 2.20. The van der Waals surface area contributed by atoms with E-state index in [9.17, 15) is 9.90 Å². The van der Waals surface area contributed by atoms with Crippen molar-refractivity contribution in [2.45, 2.75) is 32.7 Å². The van der Waals surface area contributed by atoms with E-state index in [2.05, 4.69) is 0 Å².